The molecule has 0 atom stereocenters. The lowest BCUT2D eigenvalue weighted by molar-refractivity contribution is 0.542. The predicted octanol–water partition coefficient (Wildman–Crippen LogP) is 1.94. The van der Waals surface area contributed by atoms with Crippen molar-refractivity contribution in [1.29, 1.82) is 0 Å². The van der Waals surface area contributed by atoms with Crippen LogP contribution in [0.25, 0.3) is 0 Å². The van der Waals surface area contributed by atoms with Crippen molar-refractivity contribution < 1.29 is 0 Å². The standard InChI is InChI=1S/C12H17ClN2O2/c1-2-9-10(13)14-12(17)15(11(9)16)7-3-4-8-5-6-8/h8H,2-7H2,1H3,(H,14,17). The van der Waals surface area contributed by atoms with Crippen molar-refractivity contribution in [3.05, 3.63) is 31.6 Å². The molecule has 5 heteroatoms. The third kappa shape index (κ3) is 2.80. The first-order valence-corrected chi connectivity index (χ1v) is 6.52. The molecule has 1 heterocycles. The Morgan fingerprint density at radius 2 is 2.12 bits per heavy atom. The van der Waals surface area contributed by atoms with Gasteiger partial charge in [-0.1, -0.05) is 31.4 Å². The molecule has 94 valence electrons. The van der Waals surface area contributed by atoms with E-state index in [1.54, 1.807) is 0 Å². The van der Waals surface area contributed by atoms with Gasteiger partial charge in [-0.25, -0.2) is 4.79 Å². The summed E-state index contributed by atoms with van der Waals surface area (Å²) < 4.78 is 1.27. The molecule has 0 bridgehead atoms. The summed E-state index contributed by atoms with van der Waals surface area (Å²) in [6.07, 6.45) is 5.13. The van der Waals surface area contributed by atoms with Crippen LogP contribution in [0, 0.1) is 5.92 Å². The van der Waals surface area contributed by atoms with E-state index in [-0.39, 0.29) is 10.7 Å². The van der Waals surface area contributed by atoms with Gasteiger partial charge in [0.2, 0.25) is 0 Å². The first-order chi connectivity index (χ1) is 8.13. The molecule has 1 fully saturated rings. The first kappa shape index (κ1) is 12.4. The highest BCUT2D eigenvalue weighted by Crippen LogP contribution is 2.33. The molecule has 0 aromatic carbocycles. The van der Waals surface area contributed by atoms with Crippen molar-refractivity contribution in [3.63, 3.8) is 0 Å². The quantitative estimate of drug-likeness (QED) is 0.819. The Hall–Kier alpha value is -1.03. The Morgan fingerprint density at radius 3 is 2.71 bits per heavy atom. The van der Waals surface area contributed by atoms with Gasteiger partial charge in [-0.3, -0.25) is 14.3 Å². The molecule has 0 amide bonds. The van der Waals surface area contributed by atoms with Crippen LogP contribution in [0.4, 0.5) is 0 Å². The number of hydrogen-bond acceptors (Lipinski definition) is 2. The maximum atomic E-state index is 12.0. The number of nitrogens with zero attached hydrogens (tertiary/aromatic N) is 1. The van der Waals surface area contributed by atoms with Crippen LogP contribution in [0.2, 0.25) is 5.15 Å². The minimum atomic E-state index is -0.395. The third-order valence-corrected chi connectivity index (χ3v) is 3.60. The number of H-pyrrole nitrogens is 1. The van der Waals surface area contributed by atoms with E-state index in [2.05, 4.69) is 4.98 Å². The Kier molecular flexibility index (Phi) is 3.72. The molecular formula is C12H17ClN2O2. The Balaban J connectivity index is 2.19. The van der Waals surface area contributed by atoms with Gasteiger partial charge in [0.1, 0.15) is 5.15 Å². The van der Waals surface area contributed by atoms with Crippen LogP contribution in [0.5, 0.6) is 0 Å². The van der Waals surface area contributed by atoms with E-state index in [9.17, 15) is 9.59 Å². The van der Waals surface area contributed by atoms with Gasteiger partial charge >= 0.3 is 5.69 Å². The van der Waals surface area contributed by atoms with Crippen LogP contribution >= 0.6 is 11.6 Å². The first-order valence-electron chi connectivity index (χ1n) is 6.15. The summed E-state index contributed by atoms with van der Waals surface area (Å²) in [7, 11) is 0. The average molecular weight is 257 g/mol. The van der Waals surface area contributed by atoms with E-state index >= 15 is 0 Å². The predicted molar refractivity (Wildman–Crippen MR) is 67.7 cm³/mol. The van der Waals surface area contributed by atoms with Crippen molar-refractivity contribution in [2.75, 3.05) is 0 Å². The highest BCUT2D eigenvalue weighted by atomic mass is 35.5. The second kappa shape index (κ2) is 5.08. The second-order valence-electron chi connectivity index (χ2n) is 4.62. The molecule has 1 aliphatic carbocycles. The van der Waals surface area contributed by atoms with Crippen molar-refractivity contribution >= 4 is 11.6 Å². The number of rotatable bonds is 5. The zero-order valence-electron chi connectivity index (χ0n) is 9.96. The molecule has 0 saturated heterocycles. The second-order valence-corrected chi connectivity index (χ2v) is 5.00. The number of aromatic nitrogens is 2. The lowest BCUT2D eigenvalue weighted by Gasteiger charge is -2.07. The number of hydrogen-bond donors (Lipinski definition) is 1. The fraction of sp³-hybridized carbons (Fsp3) is 0.667. The zero-order chi connectivity index (χ0) is 12.4. The molecule has 1 aromatic rings. The molecular weight excluding hydrogens is 240 g/mol. The Morgan fingerprint density at radius 1 is 1.41 bits per heavy atom. The van der Waals surface area contributed by atoms with Crippen molar-refractivity contribution in [2.24, 2.45) is 5.92 Å². The molecule has 4 nitrogen and oxygen atoms in total. The van der Waals surface area contributed by atoms with E-state index in [0.717, 1.165) is 18.8 Å². The Bertz CT molecular complexity index is 514. The minimum absolute atomic E-state index is 0.181. The molecule has 0 aliphatic heterocycles. The molecule has 1 aromatic heterocycles. The number of aromatic amines is 1. The fourth-order valence-electron chi connectivity index (χ4n) is 2.04. The van der Waals surface area contributed by atoms with Crippen molar-refractivity contribution in [2.45, 2.75) is 45.6 Å². The molecule has 17 heavy (non-hydrogen) atoms. The summed E-state index contributed by atoms with van der Waals surface area (Å²) in [6, 6.07) is 0. The van der Waals surface area contributed by atoms with Gasteiger partial charge in [-0.15, -0.1) is 0 Å². The summed E-state index contributed by atoms with van der Waals surface area (Å²) in [6.45, 7) is 2.35. The summed E-state index contributed by atoms with van der Waals surface area (Å²) >= 11 is 5.83. The summed E-state index contributed by atoms with van der Waals surface area (Å²) in [5, 5.41) is 0.181. The topological polar surface area (TPSA) is 54.9 Å². The van der Waals surface area contributed by atoms with Gasteiger partial charge < -0.3 is 0 Å². The summed E-state index contributed by atoms with van der Waals surface area (Å²) in [5.41, 5.74) is -0.136. The SMILES string of the molecule is CCc1c(Cl)[nH]c(=O)n(CCCC2CC2)c1=O. The largest absolute Gasteiger partial charge is 0.329 e. The highest BCUT2D eigenvalue weighted by molar-refractivity contribution is 6.30. The lowest BCUT2D eigenvalue weighted by Crippen LogP contribution is -2.37. The normalized spacial score (nSPS) is 15.2. The van der Waals surface area contributed by atoms with E-state index < -0.39 is 5.69 Å². The molecule has 0 unspecified atom stereocenters. The number of nitrogens with one attached hydrogen (secondary N) is 1. The van der Waals surface area contributed by atoms with E-state index in [4.69, 9.17) is 11.6 Å². The molecule has 1 N–H and O–H groups in total. The number of halogens is 1. The van der Waals surface area contributed by atoms with Crippen LogP contribution in [-0.4, -0.2) is 9.55 Å². The van der Waals surface area contributed by atoms with E-state index in [1.807, 2.05) is 6.92 Å². The molecule has 0 radical (unpaired) electrons. The smallest absolute Gasteiger partial charge is 0.297 e. The van der Waals surface area contributed by atoms with Gasteiger partial charge in [0.25, 0.3) is 5.56 Å². The fourth-order valence-corrected chi connectivity index (χ4v) is 2.34. The maximum Gasteiger partial charge on any atom is 0.329 e. The minimum Gasteiger partial charge on any atom is -0.297 e. The summed E-state index contributed by atoms with van der Waals surface area (Å²) in [4.78, 5) is 26.2. The molecule has 1 aliphatic rings. The molecule has 1 saturated carbocycles. The third-order valence-electron chi connectivity index (χ3n) is 3.27. The van der Waals surface area contributed by atoms with Gasteiger partial charge in [-0.2, -0.15) is 0 Å². The monoisotopic (exact) mass is 256 g/mol. The van der Waals surface area contributed by atoms with Crippen LogP contribution < -0.4 is 11.2 Å². The summed E-state index contributed by atoms with van der Waals surface area (Å²) in [5.74, 6) is 0.822. The van der Waals surface area contributed by atoms with Crippen LogP contribution in [0.15, 0.2) is 9.59 Å². The highest BCUT2D eigenvalue weighted by Gasteiger charge is 2.20. The van der Waals surface area contributed by atoms with Gasteiger partial charge in [0.05, 0.1) is 5.56 Å². The van der Waals surface area contributed by atoms with Crippen LogP contribution in [0.1, 0.15) is 38.2 Å². The van der Waals surface area contributed by atoms with Crippen LogP contribution in [0.3, 0.4) is 0 Å². The zero-order valence-corrected chi connectivity index (χ0v) is 10.7. The van der Waals surface area contributed by atoms with E-state index in [1.165, 1.54) is 17.4 Å². The lowest BCUT2D eigenvalue weighted by atomic mass is 10.2. The van der Waals surface area contributed by atoms with Crippen molar-refractivity contribution in [3.8, 4) is 0 Å². The van der Waals surface area contributed by atoms with E-state index in [0.29, 0.717) is 18.5 Å². The molecule has 0 spiro atoms. The average Bonchev–Trinajstić information content (AvgIpc) is 3.07. The maximum absolute atomic E-state index is 12.0. The Labute approximate surface area is 105 Å². The molecule has 2 rings (SSSR count). The van der Waals surface area contributed by atoms with Gasteiger partial charge in [-0.05, 0) is 25.2 Å². The van der Waals surface area contributed by atoms with Gasteiger partial charge in [0.15, 0.2) is 0 Å². The van der Waals surface area contributed by atoms with Gasteiger partial charge in [0, 0.05) is 6.54 Å². The van der Waals surface area contributed by atoms with Crippen molar-refractivity contribution in [1.82, 2.24) is 9.55 Å². The van der Waals surface area contributed by atoms with Crippen LogP contribution in [-0.2, 0) is 13.0 Å².